The molecule has 0 aromatic heterocycles. The van der Waals surface area contributed by atoms with Gasteiger partial charge in [0.2, 0.25) is 0 Å². The number of carbonyl (C=O) groups excluding carboxylic acids is 1. The van der Waals surface area contributed by atoms with Crippen molar-refractivity contribution in [3.63, 3.8) is 0 Å². The fourth-order valence-electron chi connectivity index (χ4n) is 5.10. The summed E-state index contributed by atoms with van der Waals surface area (Å²) in [5, 5.41) is 5.30. The molecule has 2 aliphatic rings. The molecule has 1 saturated heterocycles. The van der Waals surface area contributed by atoms with Crippen LogP contribution in [0.15, 0.2) is 66.2 Å². The van der Waals surface area contributed by atoms with Crippen molar-refractivity contribution in [1.29, 1.82) is 0 Å². The van der Waals surface area contributed by atoms with Crippen LogP contribution in [0, 0.1) is 0 Å². The molecule has 1 N–H and O–H groups in total. The van der Waals surface area contributed by atoms with Crippen molar-refractivity contribution in [3.05, 3.63) is 82.9 Å². The number of hydrogen-bond acceptors (Lipinski definition) is 3. The summed E-state index contributed by atoms with van der Waals surface area (Å²) in [4.78, 5) is 12.9. The molecule has 2 aliphatic heterocycles. The maximum Gasteiger partial charge on any atom is 0.250 e. The first-order chi connectivity index (χ1) is 16.5. The van der Waals surface area contributed by atoms with E-state index in [0.717, 1.165) is 64.7 Å². The molecule has 176 valence electrons. The Labute approximate surface area is 201 Å². The number of ether oxygens (including phenoxy) is 2. The highest BCUT2D eigenvalue weighted by Crippen LogP contribution is 2.33. The third kappa shape index (κ3) is 4.86. The van der Waals surface area contributed by atoms with Crippen molar-refractivity contribution in [2.24, 2.45) is 0 Å². The molecule has 0 saturated carbocycles. The summed E-state index contributed by atoms with van der Waals surface area (Å²) < 4.78 is 12.4. The van der Waals surface area contributed by atoms with E-state index >= 15 is 0 Å². The maximum absolute atomic E-state index is 12.9. The molecule has 0 unspecified atom stereocenters. The van der Waals surface area contributed by atoms with Crippen LogP contribution in [0.25, 0.3) is 16.8 Å². The topological polar surface area (TPSA) is 47.6 Å². The second kappa shape index (κ2) is 9.61. The largest absolute Gasteiger partial charge is 0.488 e. The minimum atomic E-state index is -0.0834. The standard InChI is InChI=1S/C29H32N2O3/c1-31(2,25-13-15-33-16-14-25)19-22-9-7-21(8-10-22)18-30-29(32)24-17-27-26-6-4-3-5-23(26)11-12-28(27)34-20-24/h3-12,17,25H,13-16,18-20H2,1-2H3/p+1. The van der Waals surface area contributed by atoms with Crippen LogP contribution in [0.5, 0.6) is 5.75 Å². The van der Waals surface area contributed by atoms with E-state index in [1.165, 1.54) is 5.56 Å². The smallest absolute Gasteiger partial charge is 0.250 e. The fourth-order valence-corrected chi connectivity index (χ4v) is 5.10. The Morgan fingerprint density at radius 1 is 0.971 bits per heavy atom. The van der Waals surface area contributed by atoms with Crippen molar-refractivity contribution in [2.45, 2.75) is 32.0 Å². The van der Waals surface area contributed by atoms with Gasteiger partial charge in [0.05, 0.1) is 38.9 Å². The zero-order chi connectivity index (χ0) is 23.5. The van der Waals surface area contributed by atoms with Gasteiger partial charge in [-0.15, -0.1) is 0 Å². The van der Waals surface area contributed by atoms with E-state index in [9.17, 15) is 4.79 Å². The lowest BCUT2D eigenvalue weighted by atomic mass is 9.99. The van der Waals surface area contributed by atoms with Gasteiger partial charge in [0.25, 0.3) is 5.91 Å². The van der Waals surface area contributed by atoms with Crippen LogP contribution in [-0.4, -0.2) is 50.3 Å². The summed E-state index contributed by atoms with van der Waals surface area (Å²) in [6, 6.07) is 21.5. The Hall–Kier alpha value is -3.15. The number of nitrogens with zero attached hydrogens (tertiary/aromatic N) is 1. The van der Waals surface area contributed by atoms with Crippen molar-refractivity contribution in [1.82, 2.24) is 5.32 Å². The third-order valence-electron chi connectivity index (χ3n) is 7.17. The number of carbonyl (C=O) groups is 1. The molecular weight excluding hydrogens is 424 g/mol. The molecule has 5 nitrogen and oxygen atoms in total. The highest BCUT2D eigenvalue weighted by atomic mass is 16.5. The van der Waals surface area contributed by atoms with Gasteiger partial charge < -0.3 is 19.3 Å². The Bertz CT molecular complexity index is 1210. The lowest BCUT2D eigenvalue weighted by Gasteiger charge is -2.40. The van der Waals surface area contributed by atoms with Crippen LogP contribution < -0.4 is 10.1 Å². The van der Waals surface area contributed by atoms with E-state index in [0.29, 0.717) is 18.2 Å². The summed E-state index contributed by atoms with van der Waals surface area (Å²) in [6.45, 7) is 3.52. The lowest BCUT2D eigenvalue weighted by molar-refractivity contribution is -0.929. The molecule has 0 bridgehead atoms. The number of nitrogens with one attached hydrogen (secondary N) is 1. The molecule has 2 heterocycles. The normalized spacial score (nSPS) is 16.5. The minimum absolute atomic E-state index is 0.0834. The monoisotopic (exact) mass is 457 g/mol. The first kappa shape index (κ1) is 22.6. The van der Waals surface area contributed by atoms with Crippen LogP contribution in [-0.2, 0) is 22.6 Å². The van der Waals surface area contributed by atoms with Crippen LogP contribution >= 0.6 is 0 Å². The molecule has 5 rings (SSSR count). The average Bonchev–Trinajstić information content (AvgIpc) is 2.88. The summed E-state index contributed by atoms with van der Waals surface area (Å²) in [7, 11) is 4.62. The fraction of sp³-hybridized carbons (Fsp3) is 0.345. The van der Waals surface area contributed by atoms with Crippen LogP contribution in [0.3, 0.4) is 0 Å². The van der Waals surface area contributed by atoms with Gasteiger partial charge in [-0.1, -0.05) is 54.6 Å². The predicted octanol–water partition coefficient (Wildman–Crippen LogP) is 4.69. The molecule has 3 aromatic rings. The molecule has 1 amide bonds. The van der Waals surface area contributed by atoms with Gasteiger partial charge >= 0.3 is 0 Å². The van der Waals surface area contributed by atoms with Crippen molar-refractivity contribution in [2.75, 3.05) is 33.9 Å². The Morgan fingerprint density at radius 3 is 2.50 bits per heavy atom. The summed E-state index contributed by atoms with van der Waals surface area (Å²) in [6.07, 6.45) is 4.21. The first-order valence-electron chi connectivity index (χ1n) is 12.1. The molecule has 0 radical (unpaired) electrons. The van der Waals surface area contributed by atoms with Gasteiger partial charge in [0.1, 0.15) is 18.9 Å². The zero-order valence-corrected chi connectivity index (χ0v) is 20.0. The number of amides is 1. The molecule has 0 spiro atoms. The third-order valence-corrected chi connectivity index (χ3v) is 7.17. The summed E-state index contributed by atoms with van der Waals surface area (Å²) in [5.41, 5.74) is 4.04. The lowest BCUT2D eigenvalue weighted by Crippen LogP contribution is -2.50. The number of quaternary nitrogens is 1. The van der Waals surface area contributed by atoms with E-state index in [1.807, 2.05) is 24.3 Å². The van der Waals surface area contributed by atoms with Crippen LogP contribution in [0.2, 0.25) is 0 Å². The predicted molar refractivity (Wildman–Crippen MR) is 135 cm³/mol. The molecule has 5 heteroatoms. The SMILES string of the molecule is C[N+](C)(Cc1ccc(CNC(=O)C2=Cc3c(ccc4ccccc34)OC2)cc1)C1CCOCC1. The number of rotatable bonds is 6. The van der Waals surface area contributed by atoms with Gasteiger partial charge in [-0.05, 0) is 28.5 Å². The maximum atomic E-state index is 12.9. The summed E-state index contributed by atoms with van der Waals surface area (Å²) in [5.74, 6) is 0.743. The Kier molecular flexibility index (Phi) is 6.40. The second-order valence-corrected chi connectivity index (χ2v) is 9.94. The van der Waals surface area contributed by atoms with Gasteiger partial charge in [0, 0.05) is 30.5 Å². The van der Waals surface area contributed by atoms with E-state index < -0.39 is 0 Å². The Balaban J connectivity index is 1.21. The minimum Gasteiger partial charge on any atom is -0.488 e. The van der Waals surface area contributed by atoms with Gasteiger partial charge in [0.15, 0.2) is 0 Å². The molecular formula is C29H33N2O3+. The van der Waals surface area contributed by atoms with E-state index in [1.54, 1.807) is 0 Å². The zero-order valence-electron chi connectivity index (χ0n) is 20.0. The number of hydrogen-bond donors (Lipinski definition) is 1. The first-order valence-corrected chi connectivity index (χ1v) is 12.1. The van der Waals surface area contributed by atoms with E-state index in [-0.39, 0.29) is 12.5 Å². The van der Waals surface area contributed by atoms with Gasteiger partial charge in [-0.3, -0.25) is 4.79 Å². The highest BCUT2D eigenvalue weighted by Gasteiger charge is 2.30. The molecule has 34 heavy (non-hydrogen) atoms. The number of benzene rings is 3. The molecule has 3 aromatic carbocycles. The van der Waals surface area contributed by atoms with Crippen molar-refractivity contribution in [3.8, 4) is 5.75 Å². The highest BCUT2D eigenvalue weighted by molar-refractivity contribution is 6.03. The average molecular weight is 458 g/mol. The van der Waals surface area contributed by atoms with Crippen molar-refractivity contribution < 1.29 is 18.8 Å². The number of fused-ring (bicyclic) bond motifs is 3. The van der Waals surface area contributed by atoms with E-state index in [4.69, 9.17) is 9.47 Å². The van der Waals surface area contributed by atoms with Gasteiger partial charge in [-0.2, -0.15) is 0 Å². The quantitative estimate of drug-likeness (QED) is 0.547. The molecule has 0 aliphatic carbocycles. The second-order valence-electron chi connectivity index (χ2n) is 9.94. The van der Waals surface area contributed by atoms with Crippen LogP contribution in [0.1, 0.15) is 29.5 Å². The van der Waals surface area contributed by atoms with Crippen LogP contribution in [0.4, 0.5) is 0 Å². The van der Waals surface area contributed by atoms with E-state index in [2.05, 4.69) is 61.9 Å². The Morgan fingerprint density at radius 2 is 1.71 bits per heavy atom. The van der Waals surface area contributed by atoms with Gasteiger partial charge in [-0.25, -0.2) is 0 Å². The molecule has 1 fully saturated rings. The van der Waals surface area contributed by atoms with Crippen molar-refractivity contribution >= 4 is 22.8 Å². The molecule has 0 atom stereocenters. The summed E-state index contributed by atoms with van der Waals surface area (Å²) >= 11 is 0.